The van der Waals surface area contributed by atoms with Crippen molar-refractivity contribution >= 4 is 11.6 Å². The van der Waals surface area contributed by atoms with Crippen LogP contribution in [0.5, 0.6) is 0 Å². The highest BCUT2D eigenvalue weighted by molar-refractivity contribution is 5.95. The molecule has 1 aromatic carbocycles. The van der Waals surface area contributed by atoms with Gasteiger partial charge in [-0.2, -0.15) is 0 Å². The molecule has 2 aliphatic rings. The molecule has 2 aliphatic heterocycles. The Morgan fingerprint density at radius 2 is 2.25 bits per heavy atom. The molecule has 3 rings (SSSR count). The molecular weight excluding hydrogens is 248 g/mol. The van der Waals surface area contributed by atoms with Crippen LogP contribution in [0.3, 0.4) is 0 Å². The fraction of sp³-hybridized carbons (Fsp3) is 0.588. The second-order valence-electron chi connectivity index (χ2n) is 6.10. The number of nitrogens with one attached hydrogen (secondary N) is 1. The Kier molecular flexibility index (Phi) is 3.68. The van der Waals surface area contributed by atoms with E-state index >= 15 is 0 Å². The molecule has 2 atom stereocenters. The molecule has 108 valence electrons. The van der Waals surface area contributed by atoms with Gasteiger partial charge in [-0.05, 0) is 62.8 Å². The Labute approximate surface area is 121 Å². The lowest BCUT2D eigenvalue weighted by atomic mass is 10.00. The van der Waals surface area contributed by atoms with Crippen molar-refractivity contribution < 1.29 is 4.79 Å². The molecule has 1 saturated heterocycles. The summed E-state index contributed by atoms with van der Waals surface area (Å²) in [6.07, 6.45) is 5.58. The quantitative estimate of drug-likeness (QED) is 0.894. The van der Waals surface area contributed by atoms with Crippen LogP contribution in [-0.4, -0.2) is 29.4 Å². The number of hydrogen-bond donors (Lipinski definition) is 1. The zero-order chi connectivity index (χ0) is 14.1. The van der Waals surface area contributed by atoms with E-state index in [0.717, 1.165) is 44.2 Å². The minimum atomic E-state index is 0.218. The lowest BCUT2D eigenvalue weighted by Crippen LogP contribution is -2.39. The van der Waals surface area contributed by atoms with Gasteiger partial charge in [-0.15, -0.1) is 0 Å². The number of likely N-dealkylation sites (tertiary alicyclic amines) is 1. The Morgan fingerprint density at radius 3 is 3.05 bits per heavy atom. The predicted molar refractivity (Wildman–Crippen MR) is 82.2 cm³/mol. The molecule has 1 aromatic rings. The van der Waals surface area contributed by atoms with E-state index in [0.29, 0.717) is 12.1 Å². The van der Waals surface area contributed by atoms with Crippen LogP contribution < -0.4 is 5.32 Å². The van der Waals surface area contributed by atoms with E-state index in [4.69, 9.17) is 0 Å². The molecule has 0 aliphatic carbocycles. The number of benzene rings is 1. The lowest BCUT2D eigenvalue weighted by Gasteiger charge is -2.28. The molecule has 0 aromatic heterocycles. The van der Waals surface area contributed by atoms with Crippen LogP contribution in [0.15, 0.2) is 18.2 Å². The van der Waals surface area contributed by atoms with Crippen LogP contribution in [0.4, 0.5) is 5.69 Å². The van der Waals surface area contributed by atoms with Crippen LogP contribution in [0, 0.1) is 0 Å². The molecule has 3 nitrogen and oxygen atoms in total. The van der Waals surface area contributed by atoms with Gasteiger partial charge in [0.1, 0.15) is 0 Å². The van der Waals surface area contributed by atoms with Crippen LogP contribution in [-0.2, 0) is 6.42 Å². The number of fused-ring (bicyclic) bond motifs is 1. The number of rotatable bonds is 2. The molecule has 1 N–H and O–H groups in total. The maximum absolute atomic E-state index is 12.8. The van der Waals surface area contributed by atoms with Crippen molar-refractivity contribution in [2.24, 2.45) is 0 Å². The minimum absolute atomic E-state index is 0.218. The second-order valence-corrected chi connectivity index (χ2v) is 6.10. The van der Waals surface area contributed by atoms with E-state index in [1.807, 2.05) is 6.07 Å². The lowest BCUT2D eigenvalue weighted by molar-refractivity contribution is 0.0676. The topological polar surface area (TPSA) is 32.3 Å². The first-order valence-corrected chi connectivity index (χ1v) is 7.90. The molecule has 0 bridgehead atoms. The van der Waals surface area contributed by atoms with Crippen molar-refractivity contribution in [3.05, 3.63) is 29.3 Å². The summed E-state index contributed by atoms with van der Waals surface area (Å²) in [5, 5.41) is 3.40. The normalized spacial score (nSPS) is 25.2. The molecule has 20 heavy (non-hydrogen) atoms. The summed E-state index contributed by atoms with van der Waals surface area (Å²) in [5.41, 5.74) is 3.36. The molecule has 3 heteroatoms. The van der Waals surface area contributed by atoms with Gasteiger partial charge in [0, 0.05) is 29.9 Å². The summed E-state index contributed by atoms with van der Waals surface area (Å²) in [4.78, 5) is 14.9. The van der Waals surface area contributed by atoms with Gasteiger partial charge in [-0.1, -0.05) is 6.92 Å². The minimum Gasteiger partial charge on any atom is -0.385 e. The van der Waals surface area contributed by atoms with Crippen molar-refractivity contribution in [1.29, 1.82) is 0 Å². The van der Waals surface area contributed by atoms with Crippen LogP contribution in [0.2, 0.25) is 0 Å². The predicted octanol–water partition coefficient (Wildman–Crippen LogP) is 3.45. The average Bonchev–Trinajstić information content (AvgIpc) is 2.87. The van der Waals surface area contributed by atoms with Gasteiger partial charge in [-0.25, -0.2) is 0 Å². The summed E-state index contributed by atoms with van der Waals surface area (Å²) in [6, 6.07) is 6.95. The number of nitrogens with zero attached hydrogens (tertiary/aromatic N) is 1. The Bertz CT molecular complexity index is 512. The molecule has 0 spiro atoms. The highest BCUT2D eigenvalue weighted by atomic mass is 16.2. The number of aryl methyl sites for hydroxylation is 1. The summed E-state index contributed by atoms with van der Waals surface area (Å²) < 4.78 is 0. The Balaban J connectivity index is 1.86. The van der Waals surface area contributed by atoms with Crippen LogP contribution in [0.25, 0.3) is 0 Å². The van der Waals surface area contributed by atoms with Gasteiger partial charge in [-0.3, -0.25) is 4.79 Å². The van der Waals surface area contributed by atoms with Gasteiger partial charge >= 0.3 is 0 Å². The van der Waals surface area contributed by atoms with E-state index < -0.39 is 0 Å². The molecule has 1 amide bonds. The molecule has 0 radical (unpaired) electrons. The second kappa shape index (κ2) is 5.47. The maximum Gasteiger partial charge on any atom is 0.254 e. The molecule has 2 unspecified atom stereocenters. The molecule has 1 fully saturated rings. The highest BCUT2D eigenvalue weighted by Gasteiger charge is 2.33. The summed E-state index contributed by atoms with van der Waals surface area (Å²) in [5.74, 6) is 0.218. The van der Waals surface area contributed by atoms with E-state index in [2.05, 4.69) is 36.2 Å². The van der Waals surface area contributed by atoms with E-state index in [1.165, 1.54) is 11.3 Å². The third kappa shape index (κ3) is 2.30. The fourth-order valence-corrected chi connectivity index (χ4v) is 3.60. The average molecular weight is 272 g/mol. The third-order valence-electron chi connectivity index (χ3n) is 4.78. The SMILES string of the molecule is CCC1CCC(C)N1C(=O)c1ccc2c(c1)CCCN2. The van der Waals surface area contributed by atoms with E-state index in [-0.39, 0.29) is 5.91 Å². The van der Waals surface area contributed by atoms with Crippen molar-refractivity contribution in [3.63, 3.8) is 0 Å². The van der Waals surface area contributed by atoms with Gasteiger partial charge in [0.15, 0.2) is 0 Å². The smallest absolute Gasteiger partial charge is 0.254 e. The summed E-state index contributed by atoms with van der Waals surface area (Å²) >= 11 is 0. The van der Waals surface area contributed by atoms with Gasteiger partial charge in [0.2, 0.25) is 0 Å². The Hall–Kier alpha value is -1.51. The number of amides is 1. The Morgan fingerprint density at radius 1 is 1.40 bits per heavy atom. The van der Waals surface area contributed by atoms with E-state index in [1.54, 1.807) is 0 Å². The molecule has 0 saturated carbocycles. The van der Waals surface area contributed by atoms with Crippen molar-refractivity contribution in [3.8, 4) is 0 Å². The van der Waals surface area contributed by atoms with Crippen molar-refractivity contribution in [2.45, 2.75) is 58.0 Å². The summed E-state index contributed by atoms with van der Waals surface area (Å²) in [6.45, 7) is 5.40. The zero-order valence-electron chi connectivity index (χ0n) is 12.5. The largest absolute Gasteiger partial charge is 0.385 e. The third-order valence-corrected chi connectivity index (χ3v) is 4.78. The van der Waals surface area contributed by atoms with Gasteiger partial charge in [0.05, 0.1) is 0 Å². The first kappa shape index (κ1) is 13.5. The van der Waals surface area contributed by atoms with Crippen molar-refractivity contribution in [2.75, 3.05) is 11.9 Å². The first-order valence-electron chi connectivity index (χ1n) is 7.90. The van der Waals surface area contributed by atoms with Crippen LogP contribution >= 0.6 is 0 Å². The van der Waals surface area contributed by atoms with Crippen molar-refractivity contribution in [1.82, 2.24) is 4.90 Å². The first-order chi connectivity index (χ1) is 9.70. The summed E-state index contributed by atoms with van der Waals surface area (Å²) in [7, 11) is 0. The maximum atomic E-state index is 12.8. The number of carbonyl (C=O) groups is 1. The van der Waals surface area contributed by atoms with Gasteiger partial charge < -0.3 is 10.2 Å². The van der Waals surface area contributed by atoms with Gasteiger partial charge in [0.25, 0.3) is 5.91 Å². The monoisotopic (exact) mass is 272 g/mol. The standard InChI is InChI=1S/C17H24N2O/c1-3-15-8-6-12(2)19(15)17(20)14-7-9-16-13(11-14)5-4-10-18-16/h7,9,11-12,15,18H,3-6,8,10H2,1-2H3. The fourth-order valence-electron chi connectivity index (χ4n) is 3.60. The number of carbonyl (C=O) groups excluding carboxylic acids is 1. The molecular formula is C17H24N2O. The zero-order valence-corrected chi connectivity index (χ0v) is 12.5. The van der Waals surface area contributed by atoms with E-state index in [9.17, 15) is 4.79 Å². The highest BCUT2D eigenvalue weighted by Crippen LogP contribution is 2.29. The number of anilines is 1. The molecule has 2 heterocycles. The number of hydrogen-bond acceptors (Lipinski definition) is 2. The van der Waals surface area contributed by atoms with Crippen LogP contribution in [0.1, 0.15) is 55.5 Å².